The Labute approximate surface area is 118 Å². The molecule has 2 aromatic heterocycles. The second-order valence-electron chi connectivity index (χ2n) is 4.21. The van der Waals surface area contributed by atoms with Crippen molar-refractivity contribution >= 4 is 27.5 Å². The fraction of sp³-hybridized carbons (Fsp3) is 0.143. The van der Waals surface area contributed by atoms with Crippen LogP contribution in [-0.4, -0.2) is 22.6 Å². The minimum absolute atomic E-state index is 0.232. The lowest BCUT2D eigenvalue weighted by molar-refractivity contribution is 0.0907. The zero-order valence-corrected chi connectivity index (χ0v) is 11.3. The highest BCUT2D eigenvalue weighted by molar-refractivity contribution is 7.20. The van der Waals surface area contributed by atoms with E-state index >= 15 is 0 Å². The summed E-state index contributed by atoms with van der Waals surface area (Å²) in [5.74, 6) is 0.198. The molecule has 2 N–H and O–H groups in total. The zero-order valence-electron chi connectivity index (χ0n) is 10.4. The number of furan rings is 1. The highest BCUT2D eigenvalue weighted by Crippen LogP contribution is 2.22. The van der Waals surface area contributed by atoms with Crippen LogP contribution in [0.1, 0.15) is 21.6 Å². The number of amides is 1. The van der Waals surface area contributed by atoms with E-state index < -0.39 is 6.04 Å². The quantitative estimate of drug-likeness (QED) is 0.772. The predicted octanol–water partition coefficient (Wildman–Crippen LogP) is 2.35. The van der Waals surface area contributed by atoms with E-state index in [9.17, 15) is 9.90 Å². The van der Waals surface area contributed by atoms with Crippen molar-refractivity contribution in [1.82, 2.24) is 10.3 Å². The van der Waals surface area contributed by atoms with Crippen LogP contribution in [0.4, 0.5) is 0 Å². The van der Waals surface area contributed by atoms with E-state index in [0.717, 1.165) is 10.2 Å². The maximum absolute atomic E-state index is 12.2. The average molecular weight is 288 g/mol. The lowest BCUT2D eigenvalue weighted by atomic mass is 10.2. The fourth-order valence-electron chi connectivity index (χ4n) is 1.89. The summed E-state index contributed by atoms with van der Waals surface area (Å²) in [7, 11) is 0. The first-order valence-corrected chi connectivity index (χ1v) is 6.90. The van der Waals surface area contributed by atoms with Crippen LogP contribution in [0, 0.1) is 0 Å². The molecule has 0 saturated carbocycles. The molecule has 0 spiro atoms. The molecule has 0 bridgehead atoms. The lowest BCUT2D eigenvalue weighted by Crippen LogP contribution is -2.30. The van der Waals surface area contributed by atoms with Gasteiger partial charge in [-0.25, -0.2) is 4.98 Å². The Kier molecular flexibility index (Phi) is 3.49. The number of carbonyl (C=O) groups is 1. The molecule has 0 fully saturated rings. The van der Waals surface area contributed by atoms with Crippen molar-refractivity contribution in [1.29, 1.82) is 0 Å². The minimum atomic E-state index is -0.565. The van der Waals surface area contributed by atoms with Gasteiger partial charge in [-0.1, -0.05) is 12.1 Å². The summed E-state index contributed by atoms with van der Waals surface area (Å²) < 4.78 is 6.15. The predicted molar refractivity (Wildman–Crippen MR) is 75.6 cm³/mol. The van der Waals surface area contributed by atoms with Crippen molar-refractivity contribution in [2.75, 3.05) is 6.61 Å². The molecular formula is C14H12N2O3S. The zero-order chi connectivity index (χ0) is 13.9. The van der Waals surface area contributed by atoms with Gasteiger partial charge in [-0.15, -0.1) is 11.3 Å². The average Bonchev–Trinajstić information content (AvgIpc) is 3.13. The summed E-state index contributed by atoms with van der Waals surface area (Å²) in [5, 5.41) is 12.4. The molecule has 6 heteroatoms. The third-order valence-electron chi connectivity index (χ3n) is 2.86. The molecule has 0 aliphatic carbocycles. The number of fused-ring (bicyclic) bond motifs is 1. The first-order valence-electron chi connectivity index (χ1n) is 6.08. The van der Waals surface area contributed by atoms with Crippen LogP contribution >= 0.6 is 11.3 Å². The summed E-state index contributed by atoms with van der Waals surface area (Å²) in [5.41, 5.74) is 0.793. The summed E-state index contributed by atoms with van der Waals surface area (Å²) >= 11 is 1.32. The monoisotopic (exact) mass is 288 g/mol. The third-order valence-corrected chi connectivity index (χ3v) is 3.90. The topological polar surface area (TPSA) is 75.4 Å². The van der Waals surface area contributed by atoms with E-state index in [1.165, 1.54) is 17.6 Å². The SMILES string of the molecule is O=C(NC(CO)c1ccco1)c1nc2ccccc2s1. The van der Waals surface area contributed by atoms with Crippen molar-refractivity contribution in [3.8, 4) is 0 Å². The first-order chi connectivity index (χ1) is 9.78. The molecule has 0 radical (unpaired) electrons. The molecular weight excluding hydrogens is 276 g/mol. The Balaban J connectivity index is 1.81. The minimum Gasteiger partial charge on any atom is -0.467 e. The largest absolute Gasteiger partial charge is 0.467 e. The standard InChI is InChI=1S/C14H12N2O3S/c17-8-10(11-5-3-7-19-11)15-13(18)14-16-9-4-1-2-6-12(9)20-14/h1-7,10,17H,8H2,(H,15,18). The summed E-state index contributed by atoms with van der Waals surface area (Å²) in [6.45, 7) is -0.232. The van der Waals surface area contributed by atoms with Gasteiger partial charge in [0.25, 0.3) is 5.91 Å². The Morgan fingerprint density at radius 2 is 2.20 bits per heavy atom. The van der Waals surface area contributed by atoms with Crippen molar-refractivity contribution in [2.45, 2.75) is 6.04 Å². The summed E-state index contributed by atoms with van der Waals surface area (Å²) in [4.78, 5) is 16.4. The van der Waals surface area contributed by atoms with Gasteiger partial charge in [-0.05, 0) is 24.3 Å². The van der Waals surface area contributed by atoms with Crippen LogP contribution in [-0.2, 0) is 0 Å². The number of aliphatic hydroxyl groups excluding tert-OH is 1. The molecule has 1 unspecified atom stereocenters. The Morgan fingerprint density at radius 1 is 1.35 bits per heavy atom. The van der Waals surface area contributed by atoms with Crippen LogP contribution in [0.5, 0.6) is 0 Å². The van der Waals surface area contributed by atoms with Gasteiger partial charge < -0.3 is 14.8 Å². The highest BCUT2D eigenvalue weighted by Gasteiger charge is 2.19. The molecule has 102 valence electrons. The van der Waals surface area contributed by atoms with E-state index in [1.807, 2.05) is 24.3 Å². The molecule has 5 nitrogen and oxygen atoms in total. The van der Waals surface area contributed by atoms with Gasteiger partial charge in [0, 0.05) is 0 Å². The fourth-order valence-corrected chi connectivity index (χ4v) is 2.75. The number of aromatic nitrogens is 1. The van der Waals surface area contributed by atoms with E-state index in [0.29, 0.717) is 10.8 Å². The second-order valence-corrected chi connectivity index (χ2v) is 5.24. The number of nitrogens with zero attached hydrogens (tertiary/aromatic N) is 1. The first kappa shape index (κ1) is 12.8. The van der Waals surface area contributed by atoms with E-state index in [-0.39, 0.29) is 12.5 Å². The number of hydrogen-bond acceptors (Lipinski definition) is 5. The van der Waals surface area contributed by atoms with Crippen LogP contribution in [0.2, 0.25) is 0 Å². The Hall–Kier alpha value is -2.18. The van der Waals surface area contributed by atoms with Gasteiger partial charge in [0.05, 0.1) is 23.1 Å². The number of para-hydroxylation sites is 1. The highest BCUT2D eigenvalue weighted by atomic mass is 32.1. The number of hydrogen-bond donors (Lipinski definition) is 2. The number of carbonyl (C=O) groups excluding carboxylic acids is 1. The molecule has 1 amide bonds. The molecule has 3 aromatic rings. The Bertz CT molecular complexity index is 688. The van der Waals surface area contributed by atoms with Crippen LogP contribution in [0.25, 0.3) is 10.2 Å². The molecule has 1 atom stereocenters. The Morgan fingerprint density at radius 3 is 2.90 bits per heavy atom. The van der Waals surface area contributed by atoms with E-state index in [4.69, 9.17) is 4.42 Å². The van der Waals surface area contributed by atoms with Gasteiger partial charge in [0.1, 0.15) is 11.8 Å². The van der Waals surface area contributed by atoms with Gasteiger partial charge in [-0.2, -0.15) is 0 Å². The van der Waals surface area contributed by atoms with Gasteiger partial charge in [0.2, 0.25) is 0 Å². The van der Waals surface area contributed by atoms with Crippen molar-refractivity contribution in [2.24, 2.45) is 0 Å². The summed E-state index contributed by atoms with van der Waals surface area (Å²) in [6, 6.07) is 10.4. The van der Waals surface area contributed by atoms with Crippen molar-refractivity contribution in [3.63, 3.8) is 0 Å². The molecule has 1 aromatic carbocycles. The van der Waals surface area contributed by atoms with Gasteiger partial charge >= 0.3 is 0 Å². The molecule has 0 aliphatic heterocycles. The van der Waals surface area contributed by atoms with Crippen LogP contribution in [0.3, 0.4) is 0 Å². The van der Waals surface area contributed by atoms with Gasteiger partial charge in [0.15, 0.2) is 5.01 Å². The maximum atomic E-state index is 12.2. The molecule has 0 aliphatic rings. The molecule has 2 heterocycles. The molecule has 3 rings (SSSR count). The van der Waals surface area contributed by atoms with Gasteiger partial charge in [-0.3, -0.25) is 4.79 Å². The van der Waals surface area contributed by atoms with Crippen LogP contribution < -0.4 is 5.32 Å². The maximum Gasteiger partial charge on any atom is 0.280 e. The molecule has 20 heavy (non-hydrogen) atoms. The number of benzene rings is 1. The smallest absolute Gasteiger partial charge is 0.280 e. The number of nitrogens with one attached hydrogen (secondary N) is 1. The van der Waals surface area contributed by atoms with Crippen molar-refractivity contribution < 1.29 is 14.3 Å². The van der Waals surface area contributed by atoms with Crippen LogP contribution in [0.15, 0.2) is 47.1 Å². The van der Waals surface area contributed by atoms with Crippen molar-refractivity contribution in [3.05, 3.63) is 53.4 Å². The second kappa shape index (κ2) is 5.44. The number of rotatable bonds is 4. The van der Waals surface area contributed by atoms with E-state index in [2.05, 4.69) is 10.3 Å². The third kappa shape index (κ3) is 2.43. The normalized spacial score (nSPS) is 12.4. The van der Waals surface area contributed by atoms with E-state index in [1.54, 1.807) is 12.1 Å². The number of thiazole rings is 1. The lowest BCUT2D eigenvalue weighted by Gasteiger charge is -2.12. The summed E-state index contributed by atoms with van der Waals surface area (Å²) in [6.07, 6.45) is 1.50. The molecule has 0 saturated heterocycles. The number of aliphatic hydroxyl groups is 1.